The summed E-state index contributed by atoms with van der Waals surface area (Å²) in [6, 6.07) is 7.73. The van der Waals surface area contributed by atoms with Crippen molar-refractivity contribution in [3.8, 4) is 0 Å². The Bertz CT molecular complexity index is 281. The Balaban J connectivity index is 3.20. The quantitative estimate of drug-likeness (QED) is 0.645. The predicted octanol–water partition coefficient (Wildman–Crippen LogP) is 4.01. The molecule has 1 heteroatoms. The third kappa shape index (κ3) is 2.30. The monoisotopic (exact) mass is 180 g/mol. The first-order valence-corrected chi connectivity index (χ1v) is 4.71. The maximum atomic E-state index is 13.7. The molecule has 0 bridgehead atoms. The van der Waals surface area contributed by atoms with Gasteiger partial charge in [-0.15, -0.1) is 0 Å². The second-order valence-electron chi connectivity index (χ2n) is 4.21. The summed E-state index contributed by atoms with van der Waals surface area (Å²) in [6.07, 6.45) is 0. The molecule has 0 aliphatic carbocycles. The van der Waals surface area contributed by atoms with Gasteiger partial charge < -0.3 is 0 Å². The minimum Gasteiger partial charge on any atom is -0.239 e. The SMILES string of the molecule is CC(C)c1ccccc1C(C)(C)F. The fraction of sp³-hybridized carbons (Fsp3) is 0.500. The average molecular weight is 180 g/mol. The van der Waals surface area contributed by atoms with E-state index in [-0.39, 0.29) is 0 Å². The van der Waals surface area contributed by atoms with Crippen LogP contribution in [-0.2, 0) is 5.67 Å². The van der Waals surface area contributed by atoms with Crippen LogP contribution in [0.1, 0.15) is 44.7 Å². The molecule has 0 aromatic heterocycles. The molecule has 13 heavy (non-hydrogen) atoms. The van der Waals surface area contributed by atoms with Crippen LogP contribution in [0, 0.1) is 0 Å². The number of hydrogen-bond donors (Lipinski definition) is 0. The molecule has 0 radical (unpaired) electrons. The first kappa shape index (κ1) is 10.2. The molecule has 0 aliphatic rings. The van der Waals surface area contributed by atoms with Gasteiger partial charge in [0.05, 0.1) is 0 Å². The average Bonchev–Trinajstić information content (AvgIpc) is 2.03. The van der Waals surface area contributed by atoms with Gasteiger partial charge in [0.15, 0.2) is 0 Å². The van der Waals surface area contributed by atoms with Gasteiger partial charge in [-0.3, -0.25) is 0 Å². The molecule has 0 amide bonds. The van der Waals surface area contributed by atoms with Crippen LogP contribution < -0.4 is 0 Å². The molecule has 72 valence electrons. The second-order valence-corrected chi connectivity index (χ2v) is 4.21. The van der Waals surface area contributed by atoms with Gasteiger partial charge in [0.1, 0.15) is 5.67 Å². The standard InChI is InChI=1S/C12H17F/c1-9(2)10-7-5-6-8-11(10)12(3,4)13/h5-9H,1-4H3. The summed E-state index contributed by atoms with van der Waals surface area (Å²) < 4.78 is 13.7. The van der Waals surface area contributed by atoms with Crippen molar-refractivity contribution in [1.82, 2.24) is 0 Å². The molecule has 1 aromatic rings. The van der Waals surface area contributed by atoms with E-state index in [1.807, 2.05) is 24.3 Å². The van der Waals surface area contributed by atoms with E-state index in [1.165, 1.54) is 0 Å². The van der Waals surface area contributed by atoms with Crippen LogP contribution in [0.3, 0.4) is 0 Å². The Morgan fingerprint density at radius 2 is 1.69 bits per heavy atom. The number of hydrogen-bond acceptors (Lipinski definition) is 0. The van der Waals surface area contributed by atoms with E-state index in [0.29, 0.717) is 5.92 Å². The zero-order valence-electron chi connectivity index (χ0n) is 8.76. The predicted molar refractivity (Wildman–Crippen MR) is 54.7 cm³/mol. The highest BCUT2D eigenvalue weighted by molar-refractivity contribution is 5.33. The number of halogens is 1. The zero-order valence-corrected chi connectivity index (χ0v) is 8.76. The van der Waals surface area contributed by atoms with Crippen molar-refractivity contribution in [2.75, 3.05) is 0 Å². The Labute approximate surface area is 79.8 Å². The van der Waals surface area contributed by atoms with Crippen LogP contribution in [0.5, 0.6) is 0 Å². The molecule has 0 saturated heterocycles. The van der Waals surface area contributed by atoms with E-state index in [1.54, 1.807) is 13.8 Å². The molecule has 1 rings (SSSR count). The van der Waals surface area contributed by atoms with Crippen LogP contribution in [0.15, 0.2) is 24.3 Å². The zero-order chi connectivity index (χ0) is 10.1. The maximum Gasteiger partial charge on any atom is 0.130 e. The van der Waals surface area contributed by atoms with Crippen molar-refractivity contribution in [1.29, 1.82) is 0 Å². The summed E-state index contributed by atoms with van der Waals surface area (Å²) in [5, 5.41) is 0. The van der Waals surface area contributed by atoms with Crippen LogP contribution >= 0.6 is 0 Å². The van der Waals surface area contributed by atoms with Crippen molar-refractivity contribution in [2.45, 2.75) is 39.3 Å². The Kier molecular flexibility index (Phi) is 2.74. The Morgan fingerprint density at radius 1 is 1.15 bits per heavy atom. The molecule has 0 atom stereocenters. The van der Waals surface area contributed by atoms with Gasteiger partial charge in [-0.1, -0.05) is 38.1 Å². The second kappa shape index (κ2) is 3.49. The topological polar surface area (TPSA) is 0 Å². The summed E-state index contributed by atoms with van der Waals surface area (Å²) >= 11 is 0. The molecular weight excluding hydrogens is 163 g/mol. The minimum absolute atomic E-state index is 0.381. The van der Waals surface area contributed by atoms with Crippen LogP contribution in [-0.4, -0.2) is 0 Å². The van der Waals surface area contributed by atoms with Crippen LogP contribution in [0.25, 0.3) is 0 Å². The lowest BCUT2D eigenvalue weighted by Crippen LogP contribution is -2.12. The van der Waals surface area contributed by atoms with Crippen LogP contribution in [0.2, 0.25) is 0 Å². The van der Waals surface area contributed by atoms with E-state index in [4.69, 9.17) is 0 Å². The maximum absolute atomic E-state index is 13.7. The lowest BCUT2D eigenvalue weighted by atomic mass is 9.89. The van der Waals surface area contributed by atoms with Gasteiger partial charge in [0, 0.05) is 0 Å². The number of benzene rings is 1. The third-order valence-corrected chi connectivity index (χ3v) is 2.22. The largest absolute Gasteiger partial charge is 0.239 e. The highest BCUT2D eigenvalue weighted by atomic mass is 19.1. The van der Waals surface area contributed by atoms with E-state index in [2.05, 4.69) is 13.8 Å². The lowest BCUT2D eigenvalue weighted by molar-refractivity contribution is 0.219. The Hall–Kier alpha value is -0.850. The van der Waals surface area contributed by atoms with E-state index >= 15 is 0 Å². The fourth-order valence-corrected chi connectivity index (χ4v) is 1.54. The molecule has 0 saturated carbocycles. The number of rotatable bonds is 2. The molecule has 0 spiro atoms. The van der Waals surface area contributed by atoms with E-state index in [0.717, 1.165) is 11.1 Å². The number of alkyl halides is 1. The van der Waals surface area contributed by atoms with Gasteiger partial charge in [-0.25, -0.2) is 4.39 Å². The fourth-order valence-electron chi connectivity index (χ4n) is 1.54. The van der Waals surface area contributed by atoms with Gasteiger partial charge in [-0.05, 0) is 30.9 Å². The molecule has 0 unspecified atom stereocenters. The first-order chi connectivity index (χ1) is 5.93. The normalized spacial score (nSPS) is 12.2. The molecule has 0 aliphatic heterocycles. The van der Waals surface area contributed by atoms with Gasteiger partial charge >= 0.3 is 0 Å². The van der Waals surface area contributed by atoms with Crippen molar-refractivity contribution in [3.05, 3.63) is 35.4 Å². The van der Waals surface area contributed by atoms with Crippen molar-refractivity contribution in [2.24, 2.45) is 0 Å². The summed E-state index contributed by atoms with van der Waals surface area (Å²) in [7, 11) is 0. The summed E-state index contributed by atoms with van der Waals surface area (Å²) in [4.78, 5) is 0. The summed E-state index contributed by atoms with van der Waals surface area (Å²) in [6.45, 7) is 7.39. The molecular formula is C12H17F. The van der Waals surface area contributed by atoms with E-state index in [9.17, 15) is 4.39 Å². The van der Waals surface area contributed by atoms with Crippen LogP contribution in [0.4, 0.5) is 4.39 Å². The molecule has 1 aromatic carbocycles. The van der Waals surface area contributed by atoms with Crippen molar-refractivity contribution >= 4 is 0 Å². The van der Waals surface area contributed by atoms with Gasteiger partial charge in [0.25, 0.3) is 0 Å². The summed E-state index contributed by atoms with van der Waals surface area (Å²) in [5.74, 6) is 0.381. The van der Waals surface area contributed by atoms with E-state index < -0.39 is 5.67 Å². The highest BCUT2D eigenvalue weighted by Gasteiger charge is 2.22. The summed E-state index contributed by atoms with van der Waals surface area (Å²) in [5.41, 5.74) is 0.681. The minimum atomic E-state index is -1.24. The molecule has 0 heterocycles. The molecule has 0 nitrogen and oxygen atoms in total. The third-order valence-electron chi connectivity index (χ3n) is 2.22. The van der Waals surface area contributed by atoms with Gasteiger partial charge in [0.2, 0.25) is 0 Å². The van der Waals surface area contributed by atoms with Crippen molar-refractivity contribution < 1.29 is 4.39 Å². The lowest BCUT2D eigenvalue weighted by Gasteiger charge is -2.20. The molecule has 0 N–H and O–H groups in total. The first-order valence-electron chi connectivity index (χ1n) is 4.71. The smallest absolute Gasteiger partial charge is 0.130 e. The van der Waals surface area contributed by atoms with Crippen molar-refractivity contribution in [3.63, 3.8) is 0 Å². The molecule has 0 fully saturated rings. The van der Waals surface area contributed by atoms with Gasteiger partial charge in [-0.2, -0.15) is 0 Å². The Morgan fingerprint density at radius 3 is 2.08 bits per heavy atom. The highest BCUT2D eigenvalue weighted by Crippen LogP contribution is 2.31.